The van der Waals surface area contributed by atoms with Gasteiger partial charge in [-0.2, -0.15) is 0 Å². The van der Waals surface area contributed by atoms with E-state index in [0.717, 1.165) is 0 Å². The molecule has 1 heterocycles. The second kappa shape index (κ2) is 4.61. The number of carbonyl (C=O) groups excluding carboxylic acids is 2. The number of aliphatic hydroxyl groups excluding tert-OH is 1. The zero-order chi connectivity index (χ0) is 11.4. The van der Waals surface area contributed by atoms with Crippen molar-refractivity contribution < 1.29 is 19.1 Å². The number of rotatable bonds is 4. The van der Waals surface area contributed by atoms with Crippen LogP contribution in [0.1, 0.15) is 16.1 Å². The van der Waals surface area contributed by atoms with Crippen LogP contribution in [0.4, 0.5) is 0 Å². The van der Waals surface area contributed by atoms with E-state index in [-0.39, 0.29) is 6.54 Å². The third-order valence-electron chi connectivity index (χ3n) is 1.89. The van der Waals surface area contributed by atoms with Gasteiger partial charge in [0.15, 0.2) is 0 Å². The Labute approximate surface area is 86.1 Å². The molecule has 6 nitrogen and oxygen atoms in total. The molecule has 0 bridgehead atoms. The Kier molecular flexibility index (Phi) is 3.46. The van der Waals surface area contributed by atoms with Crippen LogP contribution in [0.25, 0.3) is 0 Å². The highest BCUT2D eigenvalue weighted by Gasteiger charge is 2.15. The minimum absolute atomic E-state index is 0.210. The van der Waals surface area contributed by atoms with Crippen molar-refractivity contribution in [1.82, 2.24) is 5.32 Å². The number of amides is 2. The lowest BCUT2D eigenvalue weighted by atomic mass is 10.2. The lowest BCUT2D eigenvalue weighted by Crippen LogP contribution is -2.40. The van der Waals surface area contributed by atoms with Gasteiger partial charge in [-0.05, 0) is 13.0 Å². The zero-order valence-corrected chi connectivity index (χ0v) is 8.19. The summed E-state index contributed by atoms with van der Waals surface area (Å²) in [6, 6.07) is 1.50. The van der Waals surface area contributed by atoms with Crippen molar-refractivity contribution in [2.24, 2.45) is 5.73 Å². The fourth-order valence-corrected chi connectivity index (χ4v) is 1.01. The molecule has 0 aliphatic rings. The summed E-state index contributed by atoms with van der Waals surface area (Å²) >= 11 is 0. The van der Waals surface area contributed by atoms with Gasteiger partial charge < -0.3 is 20.6 Å². The quantitative estimate of drug-likeness (QED) is 0.605. The molecule has 1 unspecified atom stereocenters. The minimum atomic E-state index is -1.37. The predicted octanol–water partition coefficient (Wildman–Crippen LogP) is -0.836. The van der Waals surface area contributed by atoms with Crippen molar-refractivity contribution in [3.63, 3.8) is 0 Å². The summed E-state index contributed by atoms with van der Waals surface area (Å²) < 4.78 is 4.92. The number of furan rings is 1. The summed E-state index contributed by atoms with van der Waals surface area (Å²) in [6.45, 7) is 1.43. The van der Waals surface area contributed by atoms with Crippen LogP contribution in [0, 0.1) is 6.92 Å². The highest BCUT2D eigenvalue weighted by molar-refractivity contribution is 5.95. The number of carbonyl (C=O) groups is 2. The summed E-state index contributed by atoms with van der Waals surface area (Å²) in [7, 11) is 0. The zero-order valence-electron chi connectivity index (χ0n) is 8.19. The van der Waals surface area contributed by atoms with E-state index < -0.39 is 17.9 Å². The molecule has 82 valence electrons. The molecule has 4 N–H and O–H groups in total. The SMILES string of the molecule is Cc1occc1C(=O)NCC(O)C(N)=O. The van der Waals surface area contributed by atoms with Crippen molar-refractivity contribution >= 4 is 11.8 Å². The van der Waals surface area contributed by atoms with Gasteiger partial charge in [0.05, 0.1) is 18.4 Å². The lowest BCUT2D eigenvalue weighted by Gasteiger charge is -2.07. The summed E-state index contributed by atoms with van der Waals surface area (Å²) in [5.74, 6) is -0.818. The molecule has 6 heteroatoms. The van der Waals surface area contributed by atoms with E-state index in [9.17, 15) is 9.59 Å². The molecular formula is C9H12N2O4. The monoisotopic (exact) mass is 212 g/mol. The number of aliphatic hydroxyl groups is 1. The number of primary amides is 1. The fourth-order valence-electron chi connectivity index (χ4n) is 1.01. The molecule has 1 atom stereocenters. The molecule has 0 saturated carbocycles. The van der Waals surface area contributed by atoms with E-state index in [1.165, 1.54) is 12.3 Å². The van der Waals surface area contributed by atoms with E-state index in [4.69, 9.17) is 15.3 Å². The molecule has 0 saturated heterocycles. The molecule has 0 radical (unpaired) electrons. The van der Waals surface area contributed by atoms with Gasteiger partial charge in [-0.1, -0.05) is 0 Å². The van der Waals surface area contributed by atoms with Crippen LogP contribution in [0.5, 0.6) is 0 Å². The summed E-state index contributed by atoms with van der Waals surface area (Å²) in [5.41, 5.74) is 5.18. The van der Waals surface area contributed by atoms with E-state index in [2.05, 4.69) is 5.32 Å². The molecule has 1 rings (SSSR count). The first-order valence-corrected chi connectivity index (χ1v) is 4.32. The van der Waals surface area contributed by atoms with Gasteiger partial charge in [0.25, 0.3) is 5.91 Å². The summed E-state index contributed by atoms with van der Waals surface area (Å²) in [4.78, 5) is 21.9. The average Bonchev–Trinajstić information content (AvgIpc) is 2.60. The van der Waals surface area contributed by atoms with Gasteiger partial charge in [-0.15, -0.1) is 0 Å². The highest BCUT2D eigenvalue weighted by Crippen LogP contribution is 2.07. The second-order valence-electron chi connectivity index (χ2n) is 3.02. The normalized spacial score (nSPS) is 12.1. The van der Waals surface area contributed by atoms with Crippen molar-refractivity contribution in [3.05, 3.63) is 23.7 Å². The fraction of sp³-hybridized carbons (Fsp3) is 0.333. The predicted molar refractivity (Wildman–Crippen MR) is 51.0 cm³/mol. The average molecular weight is 212 g/mol. The molecule has 0 aromatic carbocycles. The molecule has 2 amide bonds. The number of hydrogen-bond acceptors (Lipinski definition) is 4. The Morgan fingerprint density at radius 2 is 2.33 bits per heavy atom. The largest absolute Gasteiger partial charge is 0.469 e. The molecule has 0 fully saturated rings. The molecule has 1 aromatic heterocycles. The third kappa shape index (κ3) is 2.81. The Hall–Kier alpha value is -1.82. The minimum Gasteiger partial charge on any atom is -0.469 e. The first kappa shape index (κ1) is 11.3. The van der Waals surface area contributed by atoms with Gasteiger partial charge in [0.2, 0.25) is 5.91 Å². The molecular weight excluding hydrogens is 200 g/mol. The highest BCUT2D eigenvalue weighted by atomic mass is 16.3. The molecule has 0 aliphatic carbocycles. The first-order valence-electron chi connectivity index (χ1n) is 4.32. The van der Waals surface area contributed by atoms with Crippen molar-refractivity contribution in [3.8, 4) is 0 Å². The van der Waals surface area contributed by atoms with Crippen LogP contribution in [-0.4, -0.2) is 29.6 Å². The maximum Gasteiger partial charge on any atom is 0.254 e. The van der Waals surface area contributed by atoms with E-state index in [1.54, 1.807) is 6.92 Å². The lowest BCUT2D eigenvalue weighted by molar-refractivity contribution is -0.125. The van der Waals surface area contributed by atoms with E-state index in [0.29, 0.717) is 11.3 Å². The van der Waals surface area contributed by atoms with Crippen molar-refractivity contribution in [2.75, 3.05) is 6.54 Å². The maximum atomic E-state index is 11.4. The van der Waals surface area contributed by atoms with E-state index in [1.807, 2.05) is 0 Å². The Bertz CT molecular complexity index is 372. The van der Waals surface area contributed by atoms with Crippen LogP contribution in [0.2, 0.25) is 0 Å². The summed E-state index contributed by atoms with van der Waals surface area (Å²) in [6.07, 6.45) is 0.00976. The van der Waals surface area contributed by atoms with Gasteiger partial charge in [-0.25, -0.2) is 0 Å². The first-order chi connectivity index (χ1) is 7.02. The van der Waals surface area contributed by atoms with Gasteiger partial charge in [0, 0.05) is 0 Å². The number of hydrogen-bond donors (Lipinski definition) is 3. The second-order valence-corrected chi connectivity index (χ2v) is 3.02. The van der Waals surface area contributed by atoms with Crippen molar-refractivity contribution in [2.45, 2.75) is 13.0 Å². The Morgan fingerprint density at radius 1 is 1.67 bits per heavy atom. The third-order valence-corrected chi connectivity index (χ3v) is 1.89. The van der Waals surface area contributed by atoms with E-state index >= 15 is 0 Å². The topological polar surface area (TPSA) is 106 Å². The number of nitrogens with one attached hydrogen (secondary N) is 1. The van der Waals surface area contributed by atoms with Gasteiger partial charge in [0.1, 0.15) is 11.9 Å². The number of nitrogens with two attached hydrogens (primary N) is 1. The van der Waals surface area contributed by atoms with Crippen LogP contribution >= 0.6 is 0 Å². The Balaban J connectivity index is 2.51. The van der Waals surface area contributed by atoms with Crippen LogP contribution in [0.15, 0.2) is 16.7 Å². The van der Waals surface area contributed by atoms with Gasteiger partial charge in [-0.3, -0.25) is 9.59 Å². The molecule has 15 heavy (non-hydrogen) atoms. The molecule has 0 spiro atoms. The maximum absolute atomic E-state index is 11.4. The molecule has 1 aromatic rings. The van der Waals surface area contributed by atoms with Crippen LogP contribution in [-0.2, 0) is 4.79 Å². The van der Waals surface area contributed by atoms with Crippen LogP contribution < -0.4 is 11.1 Å². The summed E-state index contributed by atoms with van der Waals surface area (Å²) in [5, 5.41) is 11.4. The van der Waals surface area contributed by atoms with Crippen LogP contribution in [0.3, 0.4) is 0 Å². The number of aryl methyl sites for hydroxylation is 1. The van der Waals surface area contributed by atoms with Gasteiger partial charge >= 0.3 is 0 Å². The standard InChI is InChI=1S/C9H12N2O4/c1-5-6(2-3-15-5)9(14)11-4-7(12)8(10)13/h2-3,7,12H,4H2,1H3,(H2,10,13)(H,11,14). The Morgan fingerprint density at radius 3 is 2.80 bits per heavy atom. The van der Waals surface area contributed by atoms with Crippen molar-refractivity contribution in [1.29, 1.82) is 0 Å². The smallest absolute Gasteiger partial charge is 0.254 e. The molecule has 0 aliphatic heterocycles.